The molecule has 1 aliphatic heterocycles. The van der Waals surface area contributed by atoms with Gasteiger partial charge in [-0.05, 0) is 55.0 Å². The number of fused-ring (bicyclic) bond motifs is 1. The van der Waals surface area contributed by atoms with Crippen molar-refractivity contribution in [3.8, 4) is 0 Å². The lowest BCUT2D eigenvalue weighted by molar-refractivity contribution is -0.134. The van der Waals surface area contributed by atoms with Crippen LogP contribution in [0.3, 0.4) is 0 Å². The maximum absolute atomic E-state index is 13.8. The zero-order valence-electron chi connectivity index (χ0n) is 26.6. The molecule has 1 saturated heterocycles. The molecule has 250 valence electrons. The van der Waals surface area contributed by atoms with Gasteiger partial charge in [0.2, 0.25) is 21.9 Å². The smallest absolute Gasteiger partial charge is 0.269 e. The van der Waals surface area contributed by atoms with E-state index in [0.29, 0.717) is 48.8 Å². The van der Waals surface area contributed by atoms with Gasteiger partial charge in [-0.25, -0.2) is 20.8 Å². The molecule has 1 amide bonds. The van der Waals surface area contributed by atoms with E-state index in [1.165, 1.54) is 13.2 Å². The zero-order valence-corrected chi connectivity index (χ0v) is 28.3. The van der Waals surface area contributed by atoms with Crippen molar-refractivity contribution >= 4 is 65.8 Å². The number of hydrogen-bond donors (Lipinski definition) is 2. The van der Waals surface area contributed by atoms with Crippen LogP contribution in [0, 0.1) is 6.92 Å². The fourth-order valence-electron chi connectivity index (χ4n) is 5.26. The first-order valence-electron chi connectivity index (χ1n) is 15.1. The summed E-state index contributed by atoms with van der Waals surface area (Å²) in [6.45, 7) is 4.09. The maximum Gasteiger partial charge on any atom is 0.269 e. The first kappa shape index (κ1) is 32.9. The summed E-state index contributed by atoms with van der Waals surface area (Å²) in [5, 5.41) is 6.76. The predicted molar refractivity (Wildman–Crippen MR) is 185 cm³/mol. The van der Waals surface area contributed by atoms with Gasteiger partial charge < -0.3 is 20.3 Å². The highest BCUT2D eigenvalue weighted by molar-refractivity contribution is 7.92. The molecule has 48 heavy (non-hydrogen) atoms. The third kappa shape index (κ3) is 6.98. The molecule has 13 nitrogen and oxygen atoms in total. The van der Waals surface area contributed by atoms with E-state index in [9.17, 15) is 21.6 Å². The summed E-state index contributed by atoms with van der Waals surface area (Å²) >= 11 is 0. The van der Waals surface area contributed by atoms with Crippen LogP contribution in [0.1, 0.15) is 11.1 Å². The highest BCUT2D eigenvalue weighted by Crippen LogP contribution is 2.34. The molecule has 0 radical (unpaired) electrons. The summed E-state index contributed by atoms with van der Waals surface area (Å²) in [5.41, 5.74) is 3.27. The number of sulfonamides is 1. The average Bonchev–Trinajstić information content (AvgIpc) is 3.51. The molecule has 3 heterocycles. The number of para-hydroxylation sites is 2. The van der Waals surface area contributed by atoms with Gasteiger partial charge in [-0.1, -0.05) is 42.0 Å². The summed E-state index contributed by atoms with van der Waals surface area (Å²) < 4.78 is 60.0. The number of anilines is 5. The molecular formula is C33H35N7O6S2. The quantitative estimate of drug-likeness (QED) is 0.217. The van der Waals surface area contributed by atoms with Gasteiger partial charge in [-0.15, -0.1) is 0 Å². The monoisotopic (exact) mass is 689 g/mol. The van der Waals surface area contributed by atoms with E-state index in [1.54, 1.807) is 71.6 Å². The van der Waals surface area contributed by atoms with Crippen molar-refractivity contribution in [2.45, 2.75) is 18.2 Å². The van der Waals surface area contributed by atoms with Crippen molar-refractivity contribution in [1.82, 2.24) is 18.8 Å². The molecule has 2 aromatic heterocycles. The molecule has 0 aliphatic carbocycles. The molecule has 1 fully saturated rings. The number of carbonyl (C=O) groups excluding carboxylic acids is 1. The second-order valence-electron chi connectivity index (χ2n) is 11.4. The Morgan fingerprint density at radius 1 is 0.896 bits per heavy atom. The largest absolute Gasteiger partial charge is 0.378 e. The first-order valence-corrected chi connectivity index (χ1v) is 18.4. The molecule has 5 aromatic rings. The van der Waals surface area contributed by atoms with Crippen molar-refractivity contribution in [1.29, 1.82) is 0 Å². The normalized spacial score (nSPS) is 13.8. The van der Waals surface area contributed by atoms with Gasteiger partial charge in [0.15, 0.2) is 5.65 Å². The Morgan fingerprint density at radius 3 is 2.27 bits per heavy atom. The minimum absolute atomic E-state index is 0.0286. The summed E-state index contributed by atoms with van der Waals surface area (Å²) in [4.78, 5) is 23.9. The molecular weight excluding hydrogens is 655 g/mol. The number of rotatable bonds is 10. The van der Waals surface area contributed by atoms with Crippen LogP contribution in [-0.4, -0.2) is 81.2 Å². The number of benzene rings is 3. The number of hydrogen-bond acceptors (Lipinski definition) is 10. The van der Waals surface area contributed by atoms with Crippen LogP contribution < -0.4 is 14.9 Å². The lowest BCUT2D eigenvalue weighted by Gasteiger charge is -2.26. The Balaban J connectivity index is 1.37. The highest BCUT2D eigenvalue weighted by atomic mass is 32.2. The third-order valence-electron chi connectivity index (χ3n) is 8.01. The van der Waals surface area contributed by atoms with Crippen LogP contribution in [0.2, 0.25) is 0 Å². The Labute approximate surface area is 279 Å². The van der Waals surface area contributed by atoms with Gasteiger partial charge in [0.1, 0.15) is 5.82 Å². The topological polar surface area (TPSA) is 156 Å². The molecule has 0 atom stereocenters. The Hall–Kier alpha value is -4.99. The fraction of sp³-hybridized carbons (Fsp3) is 0.242. The minimum Gasteiger partial charge on any atom is -0.378 e. The van der Waals surface area contributed by atoms with Crippen molar-refractivity contribution in [3.05, 3.63) is 96.2 Å². The van der Waals surface area contributed by atoms with Crippen molar-refractivity contribution < 1.29 is 26.4 Å². The number of nitrogens with zero attached hydrogens (tertiary/aromatic N) is 5. The first-order chi connectivity index (χ1) is 22.9. The van der Waals surface area contributed by atoms with Crippen LogP contribution in [0.4, 0.5) is 28.8 Å². The zero-order chi connectivity index (χ0) is 34.1. The second kappa shape index (κ2) is 13.3. The standard InChI is InChI=1S/C33H35N7O6S2/c1-23-8-14-26(15-9-23)48(44,45)40-17-16-27-31(35-28-6-4-5-7-29(28)38(2)47(3,42)43)36-33(37-32(27)40)34-25-12-10-24(11-13-25)22-30(41)39-18-20-46-21-19-39/h4-17H,18-22H2,1-3H3,(H2,34,35,36,37). The van der Waals surface area contributed by atoms with Gasteiger partial charge in [-0.3, -0.25) is 9.10 Å². The van der Waals surface area contributed by atoms with E-state index in [2.05, 4.69) is 20.6 Å². The molecule has 1 aliphatic rings. The summed E-state index contributed by atoms with van der Waals surface area (Å²) in [7, 11) is -6.19. The van der Waals surface area contributed by atoms with Gasteiger partial charge >= 0.3 is 0 Å². The molecule has 0 unspecified atom stereocenters. The molecule has 3 aromatic carbocycles. The second-order valence-corrected chi connectivity index (χ2v) is 15.3. The number of aromatic nitrogens is 3. The molecule has 0 bridgehead atoms. The minimum atomic E-state index is -4.05. The molecule has 0 saturated carbocycles. The number of morpholine rings is 1. The van der Waals surface area contributed by atoms with Crippen molar-refractivity contribution in [2.75, 3.05) is 54.5 Å². The number of ether oxygens (including phenoxy) is 1. The number of nitrogens with one attached hydrogen (secondary N) is 2. The number of amides is 1. The number of aryl methyl sites for hydroxylation is 1. The predicted octanol–water partition coefficient (Wildman–Crippen LogP) is 4.26. The molecule has 6 rings (SSSR count). The van der Waals surface area contributed by atoms with Crippen LogP contribution in [-0.2, 0) is 36.0 Å². The van der Waals surface area contributed by atoms with Gasteiger partial charge in [0, 0.05) is 32.0 Å². The third-order valence-corrected chi connectivity index (χ3v) is 10.9. The highest BCUT2D eigenvalue weighted by Gasteiger charge is 2.24. The van der Waals surface area contributed by atoms with E-state index in [-0.39, 0.29) is 34.6 Å². The Kier molecular flexibility index (Phi) is 9.09. The van der Waals surface area contributed by atoms with E-state index in [1.807, 2.05) is 19.1 Å². The van der Waals surface area contributed by atoms with Gasteiger partial charge in [0.05, 0.1) is 47.5 Å². The Bertz CT molecular complexity index is 2180. The SMILES string of the molecule is Cc1ccc(S(=O)(=O)n2ccc3c(Nc4ccccc4N(C)S(C)(=O)=O)nc(Nc4ccc(CC(=O)N5CCOCC5)cc4)nc32)cc1. The lowest BCUT2D eigenvalue weighted by atomic mass is 10.1. The van der Waals surface area contributed by atoms with E-state index >= 15 is 0 Å². The van der Waals surface area contributed by atoms with Gasteiger partial charge in [-0.2, -0.15) is 9.97 Å². The fourth-order valence-corrected chi connectivity index (χ4v) is 7.07. The summed E-state index contributed by atoms with van der Waals surface area (Å²) in [5.74, 6) is 0.374. The molecule has 15 heteroatoms. The number of carbonyl (C=O) groups is 1. The Morgan fingerprint density at radius 2 is 1.58 bits per heavy atom. The average molecular weight is 690 g/mol. The molecule has 0 spiro atoms. The summed E-state index contributed by atoms with van der Waals surface area (Å²) in [6.07, 6.45) is 2.77. The van der Waals surface area contributed by atoms with E-state index < -0.39 is 20.0 Å². The van der Waals surface area contributed by atoms with Crippen LogP contribution in [0.25, 0.3) is 11.0 Å². The van der Waals surface area contributed by atoms with E-state index in [0.717, 1.165) is 25.7 Å². The summed E-state index contributed by atoms with van der Waals surface area (Å²) in [6, 6.07) is 22.2. The van der Waals surface area contributed by atoms with Crippen molar-refractivity contribution in [2.24, 2.45) is 0 Å². The van der Waals surface area contributed by atoms with Crippen LogP contribution >= 0.6 is 0 Å². The van der Waals surface area contributed by atoms with Crippen molar-refractivity contribution in [3.63, 3.8) is 0 Å². The maximum atomic E-state index is 13.8. The molecule has 2 N–H and O–H groups in total. The lowest BCUT2D eigenvalue weighted by Crippen LogP contribution is -2.41. The van der Waals surface area contributed by atoms with Gasteiger partial charge in [0.25, 0.3) is 10.0 Å². The van der Waals surface area contributed by atoms with Crippen LogP contribution in [0.5, 0.6) is 0 Å². The van der Waals surface area contributed by atoms with E-state index in [4.69, 9.17) is 4.74 Å². The van der Waals surface area contributed by atoms with Crippen LogP contribution in [0.15, 0.2) is 90.0 Å².